The molecule has 0 amide bonds. The molecule has 0 bridgehead atoms. The monoisotopic (exact) mass is 320 g/mol. The highest BCUT2D eigenvalue weighted by Crippen LogP contribution is 2.42. The van der Waals surface area contributed by atoms with Crippen molar-refractivity contribution >= 4 is 52.1 Å². The highest BCUT2D eigenvalue weighted by Gasteiger charge is 2.16. The smallest absolute Gasteiger partial charge is 0.0786 e. The highest BCUT2D eigenvalue weighted by atomic mass is 35.5. The molecule has 18 heavy (non-hydrogen) atoms. The van der Waals surface area contributed by atoms with Crippen molar-refractivity contribution in [3.05, 3.63) is 44.0 Å². The number of anilines is 1. The lowest BCUT2D eigenvalue weighted by Crippen LogP contribution is -1.95. The van der Waals surface area contributed by atoms with Crippen LogP contribution in [0.15, 0.2) is 18.2 Å². The second-order valence-electron chi connectivity index (χ2n) is 3.71. The second kappa shape index (κ2) is 5.14. The van der Waals surface area contributed by atoms with E-state index >= 15 is 0 Å². The molecule has 94 valence electrons. The SMILES string of the molecule is Cc1nc(-c2c(Cl)cc(Cl)c(Cl)c2Cl)ccc1N. The molecular formula is C12H8Cl4N2. The van der Waals surface area contributed by atoms with Crippen LogP contribution in [0.3, 0.4) is 0 Å². The van der Waals surface area contributed by atoms with E-state index in [0.717, 1.165) is 0 Å². The van der Waals surface area contributed by atoms with E-state index in [0.29, 0.717) is 32.7 Å². The third-order valence-corrected chi connectivity index (χ3v) is 4.06. The van der Waals surface area contributed by atoms with Gasteiger partial charge in [0.25, 0.3) is 0 Å². The van der Waals surface area contributed by atoms with Gasteiger partial charge in [-0.25, -0.2) is 0 Å². The van der Waals surface area contributed by atoms with E-state index in [1.807, 2.05) is 0 Å². The first-order valence-corrected chi connectivity index (χ1v) is 6.49. The largest absolute Gasteiger partial charge is 0.397 e. The van der Waals surface area contributed by atoms with Crippen LogP contribution in [-0.4, -0.2) is 4.98 Å². The number of nitrogen functional groups attached to an aromatic ring is 1. The fourth-order valence-electron chi connectivity index (χ4n) is 1.51. The molecule has 0 atom stereocenters. The number of aryl methyl sites for hydroxylation is 1. The molecule has 0 aliphatic carbocycles. The van der Waals surface area contributed by atoms with Gasteiger partial charge in [0.15, 0.2) is 0 Å². The van der Waals surface area contributed by atoms with E-state index in [-0.39, 0.29) is 10.0 Å². The van der Waals surface area contributed by atoms with Crippen molar-refractivity contribution in [3.8, 4) is 11.3 Å². The van der Waals surface area contributed by atoms with Crippen molar-refractivity contribution in [1.29, 1.82) is 0 Å². The van der Waals surface area contributed by atoms with Crippen LogP contribution in [0, 0.1) is 6.92 Å². The summed E-state index contributed by atoms with van der Waals surface area (Å²) in [4.78, 5) is 4.34. The third kappa shape index (κ3) is 2.39. The zero-order chi connectivity index (χ0) is 13.4. The summed E-state index contributed by atoms with van der Waals surface area (Å²) in [5.74, 6) is 0. The molecule has 6 heteroatoms. The van der Waals surface area contributed by atoms with Crippen LogP contribution >= 0.6 is 46.4 Å². The molecule has 2 nitrogen and oxygen atoms in total. The van der Waals surface area contributed by atoms with Crippen molar-refractivity contribution in [2.45, 2.75) is 6.92 Å². The molecule has 0 unspecified atom stereocenters. The molecule has 0 fully saturated rings. The summed E-state index contributed by atoms with van der Waals surface area (Å²) < 4.78 is 0. The molecular weight excluding hydrogens is 314 g/mol. The van der Waals surface area contributed by atoms with Crippen molar-refractivity contribution < 1.29 is 0 Å². The Hall–Kier alpha value is -0.670. The van der Waals surface area contributed by atoms with Crippen molar-refractivity contribution in [1.82, 2.24) is 4.98 Å². The van der Waals surface area contributed by atoms with Gasteiger partial charge >= 0.3 is 0 Å². The van der Waals surface area contributed by atoms with E-state index in [1.54, 1.807) is 25.1 Å². The summed E-state index contributed by atoms with van der Waals surface area (Å²) in [6.45, 7) is 1.80. The predicted octanol–water partition coefficient (Wildman–Crippen LogP) is 5.25. The van der Waals surface area contributed by atoms with Gasteiger partial charge in [-0.3, -0.25) is 4.98 Å². The Morgan fingerprint density at radius 3 is 2.28 bits per heavy atom. The van der Waals surface area contributed by atoms with E-state index in [2.05, 4.69) is 4.98 Å². The summed E-state index contributed by atoms with van der Waals surface area (Å²) in [6.07, 6.45) is 0. The quantitative estimate of drug-likeness (QED) is 0.575. The Balaban J connectivity index is 2.71. The van der Waals surface area contributed by atoms with Gasteiger partial charge in [0.2, 0.25) is 0 Å². The minimum absolute atomic E-state index is 0.258. The third-order valence-electron chi connectivity index (χ3n) is 2.50. The molecule has 1 aromatic heterocycles. The molecule has 2 N–H and O–H groups in total. The summed E-state index contributed by atoms with van der Waals surface area (Å²) >= 11 is 24.2. The van der Waals surface area contributed by atoms with Gasteiger partial charge in [0.05, 0.1) is 37.2 Å². The Bertz CT molecular complexity index is 626. The van der Waals surface area contributed by atoms with E-state index < -0.39 is 0 Å². The van der Waals surface area contributed by atoms with Gasteiger partial charge in [0, 0.05) is 5.56 Å². The number of benzene rings is 1. The molecule has 0 saturated carbocycles. The lowest BCUT2D eigenvalue weighted by Gasteiger charge is -2.10. The Kier molecular flexibility index (Phi) is 3.93. The molecule has 0 saturated heterocycles. The minimum Gasteiger partial charge on any atom is -0.397 e. The fourth-order valence-corrected chi connectivity index (χ4v) is 2.62. The number of hydrogen-bond donors (Lipinski definition) is 1. The summed E-state index contributed by atoms with van der Waals surface area (Å²) in [5.41, 5.74) is 8.18. The number of aromatic nitrogens is 1. The normalized spacial score (nSPS) is 10.7. The standard InChI is InChI=1S/C12H8Cl4N2/c1-5-8(17)2-3-9(18-5)10-6(13)4-7(14)11(15)12(10)16/h2-4H,17H2,1H3. The zero-order valence-corrected chi connectivity index (χ0v) is 12.3. The van der Waals surface area contributed by atoms with Gasteiger partial charge in [0.1, 0.15) is 0 Å². The summed E-state index contributed by atoms with van der Waals surface area (Å²) in [7, 11) is 0. The maximum Gasteiger partial charge on any atom is 0.0786 e. The van der Waals surface area contributed by atoms with Crippen LogP contribution in [0.4, 0.5) is 5.69 Å². The maximum atomic E-state index is 6.16. The van der Waals surface area contributed by atoms with Crippen LogP contribution < -0.4 is 5.73 Å². The zero-order valence-electron chi connectivity index (χ0n) is 9.27. The topological polar surface area (TPSA) is 38.9 Å². The number of hydrogen-bond acceptors (Lipinski definition) is 2. The van der Waals surface area contributed by atoms with Gasteiger partial charge in [-0.1, -0.05) is 46.4 Å². The highest BCUT2D eigenvalue weighted by molar-refractivity contribution is 6.51. The molecule has 0 spiro atoms. The van der Waals surface area contributed by atoms with Crippen molar-refractivity contribution in [3.63, 3.8) is 0 Å². The fraction of sp³-hybridized carbons (Fsp3) is 0.0833. The molecule has 0 aliphatic rings. The average Bonchev–Trinajstić information content (AvgIpc) is 2.31. The molecule has 0 aliphatic heterocycles. The Morgan fingerprint density at radius 2 is 1.67 bits per heavy atom. The van der Waals surface area contributed by atoms with E-state index in [4.69, 9.17) is 52.1 Å². The van der Waals surface area contributed by atoms with Gasteiger partial charge in [-0.2, -0.15) is 0 Å². The lowest BCUT2D eigenvalue weighted by molar-refractivity contribution is 1.21. The number of rotatable bonds is 1. The van der Waals surface area contributed by atoms with Crippen molar-refractivity contribution in [2.24, 2.45) is 0 Å². The van der Waals surface area contributed by atoms with Gasteiger partial charge in [-0.05, 0) is 25.1 Å². The van der Waals surface area contributed by atoms with Gasteiger partial charge < -0.3 is 5.73 Å². The molecule has 2 rings (SSSR count). The Labute approximate surface area is 125 Å². The number of nitrogens with two attached hydrogens (primary N) is 1. The Morgan fingerprint density at radius 1 is 1.00 bits per heavy atom. The van der Waals surface area contributed by atoms with E-state index in [1.165, 1.54) is 0 Å². The van der Waals surface area contributed by atoms with Gasteiger partial charge in [-0.15, -0.1) is 0 Å². The first kappa shape index (κ1) is 13.8. The summed E-state index contributed by atoms with van der Waals surface area (Å²) in [6, 6.07) is 5.02. The molecule has 2 aromatic rings. The minimum atomic E-state index is 0.258. The maximum absolute atomic E-state index is 6.16. The first-order chi connectivity index (χ1) is 8.41. The molecule has 1 aromatic carbocycles. The van der Waals surface area contributed by atoms with Crippen LogP contribution in [-0.2, 0) is 0 Å². The van der Waals surface area contributed by atoms with Crippen LogP contribution in [0.25, 0.3) is 11.3 Å². The van der Waals surface area contributed by atoms with E-state index in [9.17, 15) is 0 Å². The first-order valence-electron chi connectivity index (χ1n) is 4.98. The summed E-state index contributed by atoms with van der Waals surface area (Å²) in [5, 5.41) is 1.24. The average molecular weight is 322 g/mol. The predicted molar refractivity (Wildman–Crippen MR) is 78.9 cm³/mol. The van der Waals surface area contributed by atoms with Crippen LogP contribution in [0.1, 0.15) is 5.69 Å². The molecule has 1 heterocycles. The number of nitrogens with zero attached hydrogens (tertiary/aromatic N) is 1. The lowest BCUT2D eigenvalue weighted by atomic mass is 10.1. The van der Waals surface area contributed by atoms with Crippen LogP contribution in [0.2, 0.25) is 20.1 Å². The number of halogens is 4. The second-order valence-corrected chi connectivity index (χ2v) is 5.28. The van der Waals surface area contributed by atoms with Crippen molar-refractivity contribution in [2.75, 3.05) is 5.73 Å². The molecule has 0 radical (unpaired) electrons. The van der Waals surface area contributed by atoms with Crippen LogP contribution in [0.5, 0.6) is 0 Å². The number of pyridine rings is 1.